The van der Waals surface area contributed by atoms with Crippen LogP contribution in [0.2, 0.25) is 5.02 Å². The van der Waals surface area contributed by atoms with Gasteiger partial charge in [0.1, 0.15) is 10.7 Å². The minimum atomic E-state index is -0.853. The van der Waals surface area contributed by atoms with Crippen molar-refractivity contribution in [2.24, 2.45) is 5.92 Å². The molecule has 0 spiro atoms. The van der Waals surface area contributed by atoms with Crippen LogP contribution in [0.1, 0.15) is 48.0 Å². The highest BCUT2D eigenvalue weighted by atomic mass is 35.5. The number of nitrogens with zero attached hydrogens (tertiary/aromatic N) is 2. The fourth-order valence-electron chi connectivity index (χ4n) is 4.00. The molecule has 5 nitrogen and oxygen atoms in total. The van der Waals surface area contributed by atoms with Gasteiger partial charge in [0.25, 0.3) is 5.56 Å². The number of rotatable bonds is 6. The van der Waals surface area contributed by atoms with E-state index in [2.05, 4.69) is 6.92 Å². The molecule has 0 bridgehead atoms. The topological polar surface area (TPSA) is 72.2 Å². The number of thiophene rings is 1. The van der Waals surface area contributed by atoms with E-state index in [0.717, 1.165) is 40.6 Å². The Labute approximate surface area is 178 Å². The minimum absolute atomic E-state index is 0.0311. The maximum Gasteiger partial charge on any atom is 0.303 e. The van der Waals surface area contributed by atoms with Gasteiger partial charge in [-0.2, -0.15) is 0 Å². The predicted octanol–water partition coefficient (Wildman–Crippen LogP) is 4.69. The Morgan fingerprint density at radius 1 is 1.34 bits per heavy atom. The summed E-state index contributed by atoms with van der Waals surface area (Å²) < 4.78 is 1.69. The van der Waals surface area contributed by atoms with Crippen LogP contribution in [-0.4, -0.2) is 20.6 Å². The highest BCUT2D eigenvalue weighted by Gasteiger charge is 2.24. The van der Waals surface area contributed by atoms with Crippen LogP contribution in [-0.2, 0) is 30.6 Å². The van der Waals surface area contributed by atoms with Crippen LogP contribution in [0.4, 0.5) is 0 Å². The summed E-state index contributed by atoms with van der Waals surface area (Å²) in [6.07, 6.45) is 3.95. The second-order valence-corrected chi connectivity index (χ2v) is 9.34. The molecule has 1 aromatic carbocycles. The van der Waals surface area contributed by atoms with Crippen molar-refractivity contribution in [1.29, 1.82) is 0 Å². The molecule has 0 saturated carbocycles. The van der Waals surface area contributed by atoms with Crippen molar-refractivity contribution in [1.82, 2.24) is 9.55 Å². The Morgan fingerprint density at radius 3 is 2.83 bits per heavy atom. The van der Waals surface area contributed by atoms with Crippen molar-refractivity contribution in [3.8, 4) is 0 Å². The van der Waals surface area contributed by atoms with Crippen LogP contribution in [0.3, 0.4) is 0 Å². The van der Waals surface area contributed by atoms with E-state index < -0.39 is 5.97 Å². The second kappa shape index (κ2) is 8.28. The Balaban J connectivity index is 1.79. The molecule has 3 aromatic rings. The van der Waals surface area contributed by atoms with E-state index in [1.807, 2.05) is 24.3 Å². The van der Waals surface area contributed by atoms with E-state index in [0.29, 0.717) is 36.2 Å². The number of carboxylic acids is 1. The molecule has 0 fully saturated rings. The van der Waals surface area contributed by atoms with E-state index in [-0.39, 0.29) is 12.0 Å². The number of benzene rings is 1. The van der Waals surface area contributed by atoms with Gasteiger partial charge in [-0.3, -0.25) is 14.2 Å². The molecule has 7 heteroatoms. The van der Waals surface area contributed by atoms with Crippen LogP contribution in [0.25, 0.3) is 10.2 Å². The zero-order valence-corrected chi connectivity index (χ0v) is 17.9. The van der Waals surface area contributed by atoms with Crippen LogP contribution < -0.4 is 5.56 Å². The molecular formula is C22H23ClN2O3S. The Kier molecular flexibility index (Phi) is 5.74. The van der Waals surface area contributed by atoms with Gasteiger partial charge >= 0.3 is 5.97 Å². The summed E-state index contributed by atoms with van der Waals surface area (Å²) in [6, 6.07) is 7.52. The maximum atomic E-state index is 13.4. The van der Waals surface area contributed by atoms with E-state index in [9.17, 15) is 9.59 Å². The van der Waals surface area contributed by atoms with Gasteiger partial charge in [-0.15, -0.1) is 11.3 Å². The largest absolute Gasteiger partial charge is 0.481 e. The van der Waals surface area contributed by atoms with E-state index >= 15 is 0 Å². The number of halogens is 1. The maximum absolute atomic E-state index is 13.4. The van der Waals surface area contributed by atoms with Gasteiger partial charge in [-0.25, -0.2) is 4.98 Å². The lowest BCUT2D eigenvalue weighted by molar-refractivity contribution is -0.137. The molecule has 1 aliphatic rings. The van der Waals surface area contributed by atoms with Gasteiger partial charge in [0.05, 0.1) is 5.39 Å². The van der Waals surface area contributed by atoms with E-state index in [4.69, 9.17) is 21.7 Å². The fraction of sp³-hybridized carbons (Fsp3) is 0.409. The summed E-state index contributed by atoms with van der Waals surface area (Å²) >= 11 is 7.64. The van der Waals surface area contributed by atoms with Gasteiger partial charge in [-0.05, 0) is 54.9 Å². The molecule has 4 rings (SSSR count). The quantitative estimate of drug-likeness (QED) is 0.615. The highest BCUT2D eigenvalue weighted by molar-refractivity contribution is 7.18. The molecule has 2 heterocycles. The Morgan fingerprint density at radius 2 is 2.10 bits per heavy atom. The molecule has 152 valence electrons. The van der Waals surface area contributed by atoms with Crippen molar-refractivity contribution in [2.75, 3.05) is 0 Å². The lowest BCUT2D eigenvalue weighted by Gasteiger charge is -2.18. The first kappa shape index (κ1) is 20.1. The molecule has 1 atom stereocenters. The van der Waals surface area contributed by atoms with Crippen LogP contribution >= 0.6 is 22.9 Å². The molecule has 1 unspecified atom stereocenters. The summed E-state index contributed by atoms with van der Waals surface area (Å²) in [4.78, 5) is 31.4. The van der Waals surface area contributed by atoms with Crippen molar-refractivity contribution in [3.05, 3.63) is 61.5 Å². The van der Waals surface area contributed by atoms with Gasteiger partial charge in [0, 0.05) is 29.3 Å². The summed E-state index contributed by atoms with van der Waals surface area (Å²) in [6.45, 7) is 2.61. The van der Waals surface area contributed by atoms with Crippen molar-refractivity contribution in [2.45, 2.75) is 52.0 Å². The lowest BCUT2D eigenvalue weighted by atomic mass is 9.89. The number of carboxylic acid groups (broad SMARTS) is 1. The number of hydrogen-bond acceptors (Lipinski definition) is 4. The second-order valence-electron chi connectivity index (χ2n) is 7.82. The van der Waals surface area contributed by atoms with Crippen LogP contribution in [0.15, 0.2) is 29.1 Å². The number of hydrogen-bond donors (Lipinski definition) is 1. The first-order chi connectivity index (χ1) is 13.9. The third-order valence-corrected chi connectivity index (χ3v) is 6.94. The summed E-state index contributed by atoms with van der Waals surface area (Å²) in [5.74, 6) is 0.456. The number of aromatic nitrogens is 2. The zero-order valence-electron chi connectivity index (χ0n) is 16.3. The normalized spacial score (nSPS) is 16.1. The molecule has 1 N–H and O–H groups in total. The van der Waals surface area contributed by atoms with Crippen molar-refractivity contribution < 1.29 is 9.90 Å². The van der Waals surface area contributed by atoms with E-state index in [1.54, 1.807) is 15.9 Å². The van der Waals surface area contributed by atoms with Gasteiger partial charge in [-0.1, -0.05) is 30.7 Å². The van der Waals surface area contributed by atoms with Gasteiger partial charge in [0.2, 0.25) is 0 Å². The summed E-state index contributed by atoms with van der Waals surface area (Å²) in [7, 11) is 0. The van der Waals surface area contributed by atoms with Crippen LogP contribution in [0, 0.1) is 5.92 Å². The van der Waals surface area contributed by atoms with Gasteiger partial charge in [0.15, 0.2) is 0 Å². The SMILES string of the molecule is CC1CCc2c(sc3nc(Cc4ccc(Cl)cc4)n(CCCC(=O)O)c(=O)c23)C1. The number of carbonyl (C=O) groups is 1. The average Bonchev–Trinajstić information content (AvgIpc) is 3.03. The third kappa shape index (κ3) is 4.23. The van der Waals surface area contributed by atoms with Gasteiger partial charge < -0.3 is 5.11 Å². The minimum Gasteiger partial charge on any atom is -0.481 e. The van der Waals surface area contributed by atoms with Crippen molar-refractivity contribution >= 4 is 39.1 Å². The molecule has 0 radical (unpaired) electrons. The first-order valence-corrected chi connectivity index (χ1v) is 11.1. The lowest BCUT2D eigenvalue weighted by Crippen LogP contribution is -2.26. The molecule has 29 heavy (non-hydrogen) atoms. The molecule has 0 amide bonds. The molecular weight excluding hydrogens is 408 g/mol. The number of aliphatic carboxylic acids is 1. The highest BCUT2D eigenvalue weighted by Crippen LogP contribution is 2.36. The monoisotopic (exact) mass is 430 g/mol. The molecule has 2 aromatic heterocycles. The van der Waals surface area contributed by atoms with Crippen molar-refractivity contribution in [3.63, 3.8) is 0 Å². The third-order valence-electron chi connectivity index (χ3n) is 5.54. The Bertz CT molecular complexity index is 1120. The molecule has 0 aliphatic heterocycles. The number of aryl methyl sites for hydroxylation is 1. The molecule has 1 aliphatic carbocycles. The average molecular weight is 431 g/mol. The predicted molar refractivity (Wildman–Crippen MR) is 116 cm³/mol. The summed E-state index contributed by atoms with van der Waals surface area (Å²) in [5.41, 5.74) is 2.14. The fourth-order valence-corrected chi connectivity index (χ4v) is 5.52. The Hall–Kier alpha value is -2.18. The zero-order chi connectivity index (χ0) is 20.5. The van der Waals surface area contributed by atoms with E-state index in [1.165, 1.54) is 4.88 Å². The summed E-state index contributed by atoms with van der Waals surface area (Å²) in [5, 5.41) is 10.4. The smallest absolute Gasteiger partial charge is 0.303 e. The van der Waals surface area contributed by atoms with Crippen LogP contribution in [0.5, 0.6) is 0 Å². The first-order valence-electron chi connectivity index (χ1n) is 9.92. The number of fused-ring (bicyclic) bond motifs is 3. The standard InChI is InChI=1S/C22H23ClN2O3S/c1-13-4-9-16-17(11-13)29-21-20(16)22(28)25(10-2-3-19(26)27)18(24-21)12-14-5-7-15(23)8-6-14/h5-8,13H,2-4,9-12H2,1H3,(H,26,27). The molecule has 0 saturated heterocycles.